The molecule has 3 rings (SSSR count). The summed E-state index contributed by atoms with van der Waals surface area (Å²) < 4.78 is 13.3. The van der Waals surface area contributed by atoms with E-state index in [-0.39, 0.29) is 5.82 Å². The number of anilines is 1. The summed E-state index contributed by atoms with van der Waals surface area (Å²) in [4.78, 5) is 0. The number of halogens is 1. The van der Waals surface area contributed by atoms with Gasteiger partial charge in [-0.25, -0.2) is 4.39 Å². The molecule has 0 bridgehead atoms. The number of nitrogens with zero attached hydrogens (tertiary/aromatic N) is 1. The van der Waals surface area contributed by atoms with Crippen molar-refractivity contribution in [1.82, 2.24) is 0 Å². The van der Waals surface area contributed by atoms with E-state index in [1.165, 1.54) is 35.7 Å². The number of nitrogens with one attached hydrogen (secondary N) is 1. The van der Waals surface area contributed by atoms with Crippen molar-refractivity contribution >= 4 is 5.69 Å². The maximum Gasteiger partial charge on any atom is 0.123 e. The first kappa shape index (κ1) is 12.7. The minimum absolute atomic E-state index is 0.310. The summed E-state index contributed by atoms with van der Waals surface area (Å²) in [7, 11) is 0. The van der Waals surface area contributed by atoms with Crippen molar-refractivity contribution in [2.45, 2.75) is 25.8 Å². The van der Waals surface area contributed by atoms with Gasteiger partial charge in [0.2, 0.25) is 0 Å². The van der Waals surface area contributed by atoms with Crippen LogP contribution in [0.3, 0.4) is 0 Å². The van der Waals surface area contributed by atoms with Crippen molar-refractivity contribution in [3.8, 4) is 6.07 Å². The predicted molar refractivity (Wildman–Crippen MR) is 76.9 cm³/mol. The average Bonchev–Trinajstić information content (AvgIpc) is 2.92. The lowest BCUT2D eigenvalue weighted by molar-refractivity contribution is 0.625. The van der Waals surface area contributed by atoms with E-state index in [2.05, 4.69) is 29.6 Å². The molecule has 0 amide bonds. The fourth-order valence-electron chi connectivity index (χ4n) is 2.70. The molecule has 0 aliphatic heterocycles. The van der Waals surface area contributed by atoms with Crippen LogP contribution in [0.25, 0.3) is 0 Å². The second-order valence-corrected chi connectivity index (χ2v) is 5.10. The molecule has 2 nitrogen and oxygen atoms in total. The van der Waals surface area contributed by atoms with E-state index in [1.807, 2.05) is 0 Å². The second kappa shape index (κ2) is 5.34. The Labute approximate surface area is 117 Å². The Morgan fingerprint density at radius 1 is 1.10 bits per heavy atom. The van der Waals surface area contributed by atoms with Gasteiger partial charge in [-0.1, -0.05) is 6.07 Å². The van der Waals surface area contributed by atoms with Crippen molar-refractivity contribution < 1.29 is 4.39 Å². The van der Waals surface area contributed by atoms with Gasteiger partial charge >= 0.3 is 0 Å². The highest BCUT2D eigenvalue weighted by atomic mass is 19.1. The van der Waals surface area contributed by atoms with Gasteiger partial charge in [0.1, 0.15) is 5.82 Å². The Hall–Kier alpha value is -2.34. The molecular formula is C17H15FN2. The quantitative estimate of drug-likeness (QED) is 0.917. The zero-order chi connectivity index (χ0) is 13.9. The average molecular weight is 266 g/mol. The molecule has 1 aliphatic rings. The summed E-state index contributed by atoms with van der Waals surface area (Å²) in [6.07, 6.45) is 3.52. The highest BCUT2D eigenvalue weighted by molar-refractivity contribution is 5.51. The molecule has 20 heavy (non-hydrogen) atoms. The lowest BCUT2D eigenvalue weighted by atomic mass is 10.1. The van der Waals surface area contributed by atoms with Crippen molar-refractivity contribution in [2.75, 3.05) is 5.32 Å². The molecule has 3 heteroatoms. The lowest BCUT2D eigenvalue weighted by Crippen LogP contribution is -2.02. The summed E-state index contributed by atoms with van der Waals surface area (Å²) in [6.45, 7) is 0.458. The lowest BCUT2D eigenvalue weighted by Gasteiger charge is -2.10. The topological polar surface area (TPSA) is 35.8 Å². The van der Waals surface area contributed by atoms with E-state index in [9.17, 15) is 4.39 Å². The van der Waals surface area contributed by atoms with Crippen molar-refractivity contribution in [3.63, 3.8) is 0 Å². The summed E-state index contributed by atoms with van der Waals surface area (Å²) in [5, 5.41) is 12.3. The molecule has 0 saturated carbocycles. The third-order valence-electron chi connectivity index (χ3n) is 3.77. The van der Waals surface area contributed by atoms with Crippen molar-refractivity contribution in [1.29, 1.82) is 5.26 Å². The van der Waals surface area contributed by atoms with Gasteiger partial charge in [-0.3, -0.25) is 0 Å². The summed E-state index contributed by atoms with van der Waals surface area (Å²) in [5.41, 5.74) is 5.06. The number of rotatable bonds is 3. The number of benzene rings is 2. The van der Waals surface area contributed by atoms with Crippen molar-refractivity contribution in [2.24, 2.45) is 0 Å². The molecule has 100 valence electrons. The van der Waals surface area contributed by atoms with Crippen LogP contribution in [-0.4, -0.2) is 0 Å². The van der Waals surface area contributed by atoms with E-state index >= 15 is 0 Å². The fraction of sp³-hybridized carbons (Fsp3) is 0.235. The maximum atomic E-state index is 13.3. The van der Waals surface area contributed by atoms with Crippen LogP contribution in [-0.2, 0) is 19.4 Å². The monoisotopic (exact) mass is 266 g/mol. The first-order valence-electron chi connectivity index (χ1n) is 6.80. The van der Waals surface area contributed by atoms with Crippen LogP contribution in [0.4, 0.5) is 10.1 Å². The van der Waals surface area contributed by atoms with Crippen LogP contribution < -0.4 is 5.32 Å². The molecule has 2 aromatic rings. The van der Waals surface area contributed by atoms with Crippen molar-refractivity contribution in [3.05, 3.63) is 64.5 Å². The Morgan fingerprint density at radius 3 is 2.80 bits per heavy atom. The third-order valence-corrected chi connectivity index (χ3v) is 3.77. The van der Waals surface area contributed by atoms with Gasteiger partial charge in [0.25, 0.3) is 0 Å². The number of aryl methyl sites for hydroxylation is 2. The Bertz CT molecular complexity index is 686. The van der Waals surface area contributed by atoms with E-state index < -0.39 is 0 Å². The maximum absolute atomic E-state index is 13.3. The molecule has 1 aliphatic carbocycles. The molecule has 0 atom stereocenters. The second-order valence-electron chi connectivity index (χ2n) is 5.10. The summed E-state index contributed by atoms with van der Waals surface area (Å²) >= 11 is 0. The largest absolute Gasteiger partial charge is 0.381 e. The number of hydrogen-bond donors (Lipinski definition) is 1. The van der Waals surface area contributed by atoms with E-state index in [4.69, 9.17) is 5.26 Å². The van der Waals surface area contributed by atoms with Crippen LogP contribution in [0.2, 0.25) is 0 Å². The van der Waals surface area contributed by atoms with E-state index in [1.54, 1.807) is 0 Å². The highest BCUT2D eigenvalue weighted by Gasteiger charge is 2.11. The number of hydrogen-bond acceptors (Lipinski definition) is 2. The predicted octanol–water partition coefficient (Wildman–Crippen LogP) is 3.80. The van der Waals surface area contributed by atoms with Gasteiger partial charge in [-0.2, -0.15) is 5.26 Å². The molecule has 0 heterocycles. The standard InChI is InChI=1S/C17H15FN2/c18-16-6-4-14(10-19)15(8-16)11-20-17-7-5-12-2-1-3-13(12)9-17/h4-9,20H,1-3,11H2. The minimum Gasteiger partial charge on any atom is -0.381 e. The number of nitriles is 1. The molecule has 0 saturated heterocycles. The van der Waals surface area contributed by atoms with Gasteiger partial charge in [-0.05, 0) is 66.3 Å². The Morgan fingerprint density at radius 2 is 1.95 bits per heavy atom. The van der Waals surface area contributed by atoms with Crippen LogP contribution >= 0.6 is 0 Å². The minimum atomic E-state index is -0.310. The first-order valence-corrected chi connectivity index (χ1v) is 6.80. The normalized spacial score (nSPS) is 12.8. The zero-order valence-electron chi connectivity index (χ0n) is 11.1. The zero-order valence-corrected chi connectivity index (χ0v) is 11.1. The molecule has 1 N–H and O–H groups in total. The van der Waals surface area contributed by atoms with Crippen LogP contribution in [0.15, 0.2) is 36.4 Å². The molecule has 0 radical (unpaired) electrons. The molecule has 0 spiro atoms. The smallest absolute Gasteiger partial charge is 0.123 e. The summed E-state index contributed by atoms with van der Waals surface area (Å²) in [5.74, 6) is -0.310. The molecule has 0 aromatic heterocycles. The van der Waals surface area contributed by atoms with Gasteiger partial charge in [0, 0.05) is 12.2 Å². The number of fused-ring (bicyclic) bond motifs is 1. The highest BCUT2D eigenvalue weighted by Crippen LogP contribution is 2.25. The van der Waals surface area contributed by atoms with Crippen LogP contribution in [0, 0.1) is 17.1 Å². The molecule has 2 aromatic carbocycles. The molecule has 0 fully saturated rings. The fourth-order valence-corrected chi connectivity index (χ4v) is 2.70. The van der Waals surface area contributed by atoms with Gasteiger partial charge in [0.05, 0.1) is 11.6 Å². The summed E-state index contributed by atoms with van der Waals surface area (Å²) in [6, 6.07) is 12.7. The van der Waals surface area contributed by atoms with Gasteiger partial charge < -0.3 is 5.32 Å². The van der Waals surface area contributed by atoms with Crippen LogP contribution in [0.1, 0.15) is 28.7 Å². The first-order chi connectivity index (χ1) is 9.76. The van der Waals surface area contributed by atoms with E-state index in [0.717, 1.165) is 18.5 Å². The molecule has 0 unspecified atom stereocenters. The van der Waals surface area contributed by atoms with Gasteiger partial charge in [0.15, 0.2) is 0 Å². The Balaban J connectivity index is 1.77. The van der Waals surface area contributed by atoms with E-state index in [0.29, 0.717) is 17.7 Å². The SMILES string of the molecule is N#Cc1ccc(F)cc1CNc1ccc2c(c1)CCC2. The third kappa shape index (κ3) is 2.50. The van der Waals surface area contributed by atoms with Gasteiger partial charge in [-0.15, -0.1) is 0 Å². The Kier molecular flexibility index (Phi) is 3.39. The van der Waals surface area contributed by atoms with Crippen LogP contribution in [0.5, 0.6) is 0 Å². The molecular weight excluding hydrogens is 251 g/mol.